The monoisotopic (exact) mass is 443 g/mol. The minimum atomic E-state index is -0.889. The number of anilines is 1. The first kappa shape index (κ1) is 21.1. The molecule has 1 aliphatic carbocycles. The van der Waals surface area contributed by atoms with Gasteiger partial charge in [0.15, 0.2) is 0 Å². The summed E-state index contributed by atoms with van der Waals surface area (Å²) in [7, 11) is 3.77. The van der Waals surface area contributed by atoms with Crippen LogP contribution in [-0.2, 0) is 11.2 Å². The minimum absolute atomic E-state index is 0.0568. The Balaban J connectivity index is 1.47. The SMILES string of the molecule is C/N=C/C1Cc2ccccc2[C@@H]1N(C)c1ccc2c(c1)C(=O)N(C1CCC(=N)NC1=O)C2=O. The molecule has 8 nitrogen and oxygen atoms in total. The van der Waals surface area contributed by atoms with Crippen molar-refractivity contribution in [1.29, 1.82) is 5.41 Å². The van der Waals surface area contributed by atoms with Crippen molar-refractivity contribution in [3.05, 3.63) is 64.7 Å². The number of imide groups is 1. The van der Waals surface area contributed by atoms with E-state index in [0.717, 1.165) is 17.0 Å². The maximum absolute atomic E-state index is 13.2. The van der Waals surface area contributed by atoms with Crippen LogP contribution in [0.1, 0.15) is 50.7 Å². The van der Waals surface area contributed by atoms with Gasteiger partial charge in [0.2, 0.25) is 5.91 Å². The lowest BCUT2D eigenvalue weighted by Crippen LogP contribution is -2.54. The van der Waals surface area contributed by atoms with Crippen molar-refractivity contribution in [3.8, 4) is 0 Å². The number of rotatable bonds is 4. The number of aliphatic imine (C=N–C) groups is 1. The molecular weight excluding hydrogens is 418 g/mol. The number of amidine groups is 1. The van der Waals surface area contributed by atoms with Crippen LogP contribution in [0.2, 0.25) is 0 Å². The van der Waals surface area contributed by atoms with E-state index in [1.165, 1.54) is 11.1 Å². The van der Waals surface area contributed by atoms with E-state index < -0.39 is 23.8 Å². The van der Waals surface area contributed by atoms with E-state index in [1.54, 1.807) is 19.2 Å². The molecule has 2 aromatic carbocycles. The lowest BCUT2D eigenvalue weighted by Gasteiger charge is -2.31. The Hall–Kier alpha value is -3.81. The number of nitrogens with one attached hydrogen (secondary N) is 2. The molecule has 2 unspecified atom stereocenters. The third kappa shape index (κ3) is 3.33. The standard InChI is InChI=1S/C25H25N5O3/c1-27-13-15-11-14-5-3-4-6-17(14)22(15)29(2)16-7-8-18-19(12-16)25(33)30(24(18)32)20-9-10-21(26)28-23(20)31/h3-8,12-13,15,20,22H,9-11H2,1-2H3,(H2,26,28,31)/b27-13+/t15?,20?,22-/m1/s1. The second-order valence-electron chi connectivity index (χ2n) is 8.76. The summed E-state index contributed by atoms with van der Waals surface area (Å²) in [6.45, 7) is 0. The van der Waals surface area contributed by atoms with E-state index >= 15 is 0 Å². The molecule has 2 aromatic rings. The van der Waals surface area contributed by atoms with Crippen LogP contribution in [0.25, 0.3) is 0 Å². The van der Waals surface area contributed by atoms with E-state index in [9.17, 15) is 14.4 Å². The van der Waals surface area contributed by atoms with Crippen LogP contribution >= 0.6 is 0 Å². The normalized spacial score (nSPS) is 24.3. The molecule has 0 aromatic heterocycles. The largest absolute Gasteiger partial charge is 0.367 e. The van der Waals surface area contributed by atoms with Gasteiger partial charge in [0, 0.05) is 38.3 Å². The van der Waals surface area contributed by atoms with E-state index in [1.807, 2.05) is 31.5 Å². The van der Waals surface area contributed by atoms with Crippen molar-refractivity contribution in [1.82, 2.24) is 10.2 Å². The lowest BCUT2D eigenvalue weighted by atomic mass is 9.99. The maximum Gasteiger partial charge on any atom is 0.262 e. The molecule has 5 rings (SSSR count). The molecule has 8 heteroatoms. The van der Waals surface area contributed by atoms with Gasteiger partial charge in [-0.1, -0.05) is 24.3 Å². The number of hydrogen-bond acceptors (Lipinski definition) is 6. The summed E-state index contributed by atoms with van der Waals surface area (Å²) >= 11 is 0. The Morgan fingerprint density at radius 2 is 1.88 bits per heavy atom. The Kier molecular flexibility index (Phi) is 5.08. The molecule has 3 atom stereocenters. The van der Waals surface area contributed by atoms with Crippen LogP contribution in [-0.4, -0.2) is 54.8 Å². The Bertz CT molecular complexity index is 1220. The molecule has 3 aliphatic rings. The van der Waals surface area contributed by atoms with Gasteiger partial charge in [0.25, 0.3) is 11.8 Å². The molecule has 0 bridgehead atoms. The first-order valence-electron chi connectivity index (χ1n) is 11.0. The van der Waals surface area contributed by atoms with Crippen molar-refractivity contribution in [3.63, 3.8) is 0 Å². The topological polar surface area (TPSA) is 106 Å². The summed E-state index contributed by atoms with van der Waals surface area (Å²) in [5, 5.41) is 10.1. The Morgan fingerprint density at radius 3 is 2.64 bits per heavy atom. The van der Waals surface area contributed by atoms with Gasteiger partial charge in [-0.2, -0.15) is 0 Å². The second kappa shape index (κ2) is 7.95. The highest BCUT2D eigenvalue weighted by atomic mass is 16.2. The molecule has 2 N–H and O–H groups in total. The van der Waals surface area contributed by atoms with Gasteiger partial charge < -0.3 is 15.2 Å². The fourth-order valence-corrected chi connectivity index (χ4v) is 5.29. The Labute approximate surface area is 191 Å². The molecule has 33 heavy (non-hydrogen) atoms. The van der Waals surface area contributed by atoms with Crippen molar-refractivity contribution in [2.45, 2.75) is 31.3 Å². The summed E-state index contributed by atoms with van der Waals surface area (Å²) in [6.07, 6.45) is 3.45. The summed E-state index contributed by atoms with van der Waals surface area (Å²) < 4.78 is 0. The zero-order chi connectivity index (χ0) is 23.3. The van der Waals surface area contributed by atoms with Gasteiger partial charge in [-0.15, -0.1) is 0 Å². The molecule has 0 spiro atoms. The van der Waals surface area contributed by atoms with E-state index in [-0.39, 0.29) is 24.2 Å². The lowest BCUT2D eigenvalue weighted by molar-refractivity contribution is -0.124. The molecule has 2 aliphatic heterocycles. The highest BCUT2D eigenvalue weighted by Crippen LogP contribution is 2.41. The quantitative estimate of drug-likeness (QED) is 0.560. The molecule has 1 fully saturated rings. The van der Waals surface area contributed by atoms with Crippen LogP contribution in [0.5, 0.6) is 0 Å². The fraction of sp³-hybridized carbons (Fsp3) is 0.320. The van der Waals surface area contributed by atoms with Crippen LogP contribution in [0.15, 0.2) is 47.5 Å². The third-order valence-corrected chi connectivity index (χ3v) is 6.86. The zero-order valence-corrected chi connectivity index (χ0v) is 18.5. The van der Waals surface area contributed by atoms with Gasteiger partial charge >= 0.3 is 0 Å². The third-order valence-electron chi connectivity index (χ3n) is 6.86. The molecule has 0 radical (unpaired) electrons. The van der Waals surface area contributed by atoms with Gasteiger partial charge in [-0.3, -0.25) is 24.7 Å². The number of carbonyl (C=O) groups excluding carboxylic acids is 3. The number of nitrogens with zero attached hydrogens (tertiary/aromatic N) is 3. The number of amides is 3. The highest BCUT2D eigenvalue weighted by Gasteiger charge is 2.44. The van der Waals surface area contributed by atoms with E-state index in [2.05, 4.69) is 27.3 Å². The first-order valence-corrected chi connectivity index (χ1v) is 11.0. The predicted molar refractivity (Wildman–Crippen MR) is 125 cm³/mol. The van der Waals surface area contributed by atoms with Gasteiger partial charge in [-0.05, 0) is 42.2 Å². The molecular formula is C25H25N5O3. The smallest absolute Gasteiger partial charge is 0.262 e. The molecule has 2 heterocycles. The minimum Gasteiger partial charge on any atom is -0.367 e. The summed E-state index contributed by atoms with van der Waals surface area (Å²) in [5.74, 6) is -1.10. The number of piperidine rings is 1. The Morgan fingerprint density at radius 1 is 1.12 bits per heavy atom. The number of carbonyl (C=O) groups is 3. The summed E-state index contributed by atoms with van der Waals surface area (Å²) in [5.41, 5.74) is 3.96. The van der Waals surface area contributed by atoms with Gasteiger partial charge in [0.05, 0.1) is 23.0 Å². The van der Waals surface area contributed by atoms with Crippen molar-refractivity contribution in [2.24, 2.45) is 10.9 Å². The zero-order valence-electron chi connectivity index (χ0n) is 18.5. The van der Waals surface area contributed by atoms with Crippen molar-refractivity contribution in [2.75, 3.05) is 19.0 Å². The maximum atomic E-state index is 13.2. The fourth-order valence-electron chi connectivity index (χ4n) is 5.29. The van der Waals surface area contributed by atoms with Gasteiger partial charge in [0.1, 0.15) is 6.04 Å². The average molecular weight is 444 g/mol. The average Bonchev–Trinajstić information content (AvgIpc) is 3.28. The molecule has 3 amide bonds. The molecule has 168 valence electrons. The number of hydrogen-bond donors (Lipinski definition) is 2. The summed E-state index contributed by atoms with van der Waals surface area (Å²) in [6, 6.07) is 12.8. The van der Waals surface area contributed by atoms with Crippen LogP contribution in [0, 0.1) is 11.3 Å². The van der Waals surface area contributed by atoms with E-state index in [4.69, 9.17) is 5.41 Å². The van der Waals surface area contributed by atoms with Crippen LogP contribution in [0.4, 0.5) is 5.69 Å². The number of benzene rings is 2. The number of fused-ring (bicyclic) bond motifs is 2. The predicted octanol–water partition coefficient (Wildman–Crippen LogP) is 2.59. The first-order chi connectivity index (χ1) is 15.9. The second-order valence-corrected chi connectivity index (χ2v) is 8.76. The van der Waals surface area contributed by atoms with Crippen molar-refractivity contribution >= 4 is 35.5 Å². The van der Waals surface area contributed by atoms with Crippen molar-refractivity contribution < 1.29 is 14.4 Å². The van der Waals surface area contributed by atoms with Crippen LogP contribution in [0.3, 0.4) is 0 Å². The van der Waals surface area contributed by atoms with Crippen LogP contribution < -0.4 is 10.2 Å². The van der Waals surface area contributed by atoms with Gasteiger partial charge in [-0.25, -0.2) is 0 Å². The highest BCUT2D eigenvalue weighted by molar-refractivity contribution is 6.23. The molecule has 1 saturated heterocycles. The molecule has 0 saturated carbocycles. The van der Waals surface area contributed by atoms with E-state index in [0.29, 0.717) is 17.5 Å². The summed E-state index contributed by atoms with van der Waals surface area (Å²) in [4.78, 5) is 46.1.